The van der Waals surface area contributed by atoms with Crippen LogP contribution in [0.3, 0.4) is 0 Å². The molecule has 0 aliphatic heterocycles. The first-order chi connectivity index (χ1) is 11.4. The zero-order valence-corrected chi connectivity index (χ0v) is 13.6. The van der Waals surface area contributed by atoms with Crippen molar-refractivity contribution in [3.05, 3.63) is 108 Å². The maximum atomic E-state index is 2.16. The quantitative estimate of drug-likeness (QED) is 0.480. The van der Waals surface area contributed by atoms with Gasteiger partial charge in [0.15, 0.2) is 0 Å². The van der Waals surface area contributed by atoms with Gasteiger partial charge in [0, 0.05) is 9.79 Å². The number of hydrogen-bond acceptors (Lipinski definition) is 1. The predicted octanol–water partition coefficient (Wildman–Crippen LogP) is 6.56. The fourth-order valence-corrected chi connectivity index (χ4v) is 3.01. The van der Waals surface area contributed by atoms with Crippen molar-refractivity contribution in [3.63, 3.8) is 0 Å². The van der Waals surface area contributed by atoms with E-state index in [9.17, 15) is 0 Å². The maximum Gasteiger partial charge on any atom is 0.0122 e. The SMILES string of the molecule is C(C=Cc1ccc(Sc2ccccc2)cc1)=Cc1ccccc1. The third-order valence-corrected chi connectivity index (χ3v) is 4.36. The van der Waals surface area contributed by atoms with E-state index in [0.717, 1.165) is 0 Å². The van der Waals surface area contributed by atoms with Crippen molar-refractivity contribution >= 4 is 23.9 Å². The Morgan fingerprint density at radius 3 is 1.57 bits per heavy atom. The van der Waals surface area contributed by atoms with E-state index < -0.39 is 0 Å². The molecule has 0 amide bonds. The van der Waals surface area contributed by atoms with Crippen LogP contribution in [0.5, 0.6) is 0 Å². The Hall–Kier alpha value is -2.51. The summed E-state index contributed by atoms with van der Waals surface area (Å²) in [5, 5.41) is 0. The second-order valence-corrected chi connectivity index (χ2v) is 6.26. The predicted molar refractivity (Wildman–Crippen MR) is 102 cm³/mol. The summed E-state index contributed by atoms with van der Waals surface area (Å²) in [6, 6.07) is 29.4. The molecular formula is C22H18S. The van der Waals surface area contributed by atoms with E-state index >= 15 is 0 Å². The summed E-state index contributed by atoms with van der Waals surface area (Å²) in [6.07, 6.45) is 8.38. The Bertz CT molecular complexity index is 769. The molecule has 0 aromatic heterocycles. The highest BCUT2D eigenvalue weighted by molar-refractivity contribution is 7.99. The van der Waals surface area contributed by atoms with Gasteiger partial charge in [0.2, 0.25) is 0 Å². The highest BCUT2D eigenvalue weighted by atomic mass is 32.2. The normalized spacial score (nSPS) is 11.3. The number of benzene rings is 3. The summed E-state index contributed by atoms with van der Waals surface area (Å²) in [5.74, 6) is 0. The second kappa shape index (κ2) is 8.21. The summed E-state index contributed by atoms with van der Waals surface area (Å²) < 4.78 is 0. The van der Waals surface area contributed by atoms with Gasteiger partial charge in [-0.15, -0.1) is 0 Å². The van der Waals surface area contributed by atoms with Crippen LogP contribution in [-0.4, -0.2) is 0 Å². The molecule has 0 N–H and O–H groups in total. The molecule has 0 saturated heterocycles. The van der Waals surface area contributed by atoms with E-state index in [-0.39, 0.29) is 0 Å². The molecule has 0 radical (unpaired) electrons. The number of hydrogen-bond donors (Lipinski definition) is 0. The molecule has 0 bridgehead atoms. The lowest BCUT2D eigenvalue weighted by atomic mass is 10.2. The number of rotatable bonds is 5. The van der Waals surface area contributed by atoms with Gasteiger partial charge in [-0.25, -0.2) is 0 Å². The van der Waals surface area contributed by atoms with Crippen molar-refractivity contribution in [1.82, 2.24) is 0 Å². The summed E-state index contributed by atoms with van der Waals surface area (Å²) in [4.78, 5) is 2.52. The molecule has 0 unspecified atom stereocenters. The van der Waals surface area contributed by atoms with E-state index in [1.807, 2.05) is 24.3 Å². The van der Waals surface area contributed by atoms with Crippen LogP contribution >= 0.6 is 11.8 Å². The zero-order chi connectivity index (χ0) is 15.7. The van der Waals surface area contributed by atoms with Crippen LogP contribution in [0.4, 0.5) is 0 Å². The number of allylic oxidation sites excluding steroid dienone is 2. The van der Waals surface area contributed by atoms with Gasteiger partial charge in [-0.1, -0.05) is 96.7 Å². The van der Waals surface area contributed by atoms with Gasteiger partial charge in [-0.05, 0) is 35.4 Å². The monoisotopic (exact) mass is 314 g/mol. The average Bonchev–Trinajstić information content (AvgIpc) is 2.62. The summed E-state index contributed by atoms with van der Waals surface area (Å²) in [6.45, 7) is 0. The molecule has 0 aliphatic rings. The molecule has 23 heavy (non-hydrogen) atoms. The van der Waals surface area contributed by atoms with E-state index in [4.69, 9.17) is 0 Å². The molecule has 0 saturated carbocycles. The van der Waals surface area contributed by atoms with E-state index in [0.29, 0.717) is 0 Å². The van der Waals surface area contributed by atoms with Gasteiger partial charge >= 0.3 is 0 Å². The second-order valence-electron chi connectivity index (χ2n) is 5.11. The topological polar surface area (TPSA) is 0 Å². The van der Waals surface area contributed by atoms with E-state index in [1.165, 1.54) is 20.9 Å². The molecule has 3 aromatic rings. The van der Waals surface area contributed by atoms with Crippen LogP contribution in [0, 0.1) is 0 Å². The van der Waals surface area contributed by atoms with Gasteiger partial charge in [-0.2, -0.15) is 0 Å². The minimum absolute atomic E-state index is 1.21. The highest BCUT2D eigenvalue weighted by Gasteiger charge is 1.96. The van der Waals surface area contributed by atoms with Crippen LogP contribution in [0.1, 0.15) is 11.1 Å². The van der Waals surface area contributed by atoms with Gasteiger partial charge in [0.1, 0.15) is 0 Å². The molecule has 3 rings (SSSR count). The summed E-state index contributed by atoms with van der Waals surface area (Å²) in [5.41, 5.74) is 2.42. The third kappa shape index (κ3) is 5.01. The molecule has 0 fully saturated rings. The molecule has 0 spiro atoms. The van der Waals surface area contributed by atoms with Gasteiger partial charge in [-0.3, -0.25) is 0 Å². The van der Waals surface area contributed by atoms with Crippen molar-refractivity contribution in [1.29, 1.82) is 0 Å². The fourth-order valence-electron chi connectivity index (χ4n) is 2.17. The Morgan fingerprint density at radius 2 is 0.957 bits per heavy atom. The van der Waals surface area contributed by atoms with Crippen molar-refractivity contribution < 1.29 is 0 Å². The maximum absolute atomic E-state index is 2.16. The molecule has 0 nitrogen and oxygen atoms in total. The van der Waals surface area contributed by atoms with Gasteiger partial charge in [0.25, 0.3) is 0 Å². The molecule has 1 heteroatoms. The van der Waals surface area contributed by atoms with Crippen LogP contribution in [0.2, 0.25) is 0 Å². The lowest BCUT2D eigenvalue weighted by Crippen LogP contribution is -1.75. The Morgan fingerprint density at radius 1 is 0.478 bits per heavy atom. The first kappa shape index (κ1) is 15.4. The van der Waals surface area contributed by atoms with Crippen LogP contribution in [-0.2, 0) is 0 Å². The zero-order valence-electron chi connectivity index (χ0n) is 12.8. The standard InChI is InChI=1S/C22H18S/c1-3-9-19(10-4-1)11-7-8-12-20-15-17-22(18-16-20)23-21-13-5-2-6-14-21/h1-18H. The van der Waals surface area contributed by atoms with Crippen molar-refractivity contribution in [2.24, 2.45) is 0 Å². The van der Waals surface area contributed by atoms with Gasteiger partial charge < -0.3 is 0 Å². The van der Waals surface area contributed by atoms with Crippen molar-refractivity contribution in [2.75, 3.05) is 0 Å². The largest absolute Gasteiger partial charge is 0.0901 e. The van der Waals surface area contributed by atoms with Crippen molar-refractivity contribution in [3.8, 4) is 0 Å². The lowest BCUT2D eigenvalue weighted by Gasteiger charge is -2.01. The molecular weight excluding hydrogens is 296 g/mol. The molecule has 0 heterocycles. The summed E-state index contributed by atoms with van der Waals surface area (Å²) >= 11 is 1.78. The van der Waals surface area contributed by atoms with Crippen LogP contribution < -0.4 is 0 Å². The average molecular weight is 314 g/mol. The first-order valence-corrected chi connectivity index (χ1v) is 8.44. The molecule has 3 aromatic carbocycles. The third-order valence-electron chi connectivity index (χ3n) is 3.35. The fraction of sp³-hybridized carbons (Fsp3) is 0. The molecule has 0 aliphatic carbocycles. The van der Waals surface area contributed by atoms with Crippen LogP contribution in [0.15, 0.2) is 107 Å². The van der Waals surface area contributed by atoms with E-state index in [2.05, 4.69) is 85.0 Å². The highest BCUT2D eigenvalue weighted by Crippen LogP contribution is 2.27. The minimum atomic E-state index is 1.21. The first-order valence-electron chi connectivity index (χ1n) is 7.63. The summed E-state index contributed by atoms with van der Waals surface area (Å²) in [7, 11) is 0. The Kier molecular flexibility index (Phi) is 5.49. The molecule has 0 atom stereocenters. The minimum Gasteiger partial charge on any atom is -0.0901 e. The molecule has 112 valence electrons. The van der Waals surface area contributed by atoms with Crippen LogP contribution in [0.25, 0.3) is 12.2 Å². The smallest absolute Gasteiger partial charge is 0.0122 e. The van der Waals surface area contributed by atoms with Gasteiger partial charge in [0.05, 0.1) is 0 Å². The van der Waals surface area contributed by atoms with Crippen molar-refractivity contribution in [2.45, 2.75) is 9.79 Å². The van der Waals surface area contributed by atoms with E-state index in [1.54, 1.807) is 11.8 Å². The Balaban J connectivity index is 1.59. The lowest BCUT2D eigenvalue weighted by molar-refractivity contribution is 1.40. The Labute approximate surface area is 142 Å².